The molecular weight excluding hydrogens is 300 g/mol. The molecule has 1 heterocycles. The van der Waals surface area contributed by atoms with Crippen molar-refractivity contribution in [2.45, 2.75) is 40.0 Å². The van der Waals surface area contributed by atoms with Crippen molar-refractivity contribution in [3.63, 3.8) is 0 Å². The molecule has 0 saturated carbocycles. The number of nitrogens with one attached hydrogen (secondary N) is 1. The number of amides is 1. The summed E-state index contributed by atoms with van der Waals surface area (Å²) in [7, 11) is 0. The van der Waals surface area contributed by atoms with Crippen molar-refractivity contribution >= 4 is 11.7 Å². The van der Waals surface area contributed by atoms with E-state index in [1.54, 1.807) is 17.2 Å². The third kappa shape index (κ3) is 3.75. The predicted molar refractivity (Wildman–Crippen MR) is 96.6 cm³/mol. The summed E-state index contributed by atoms with van der Waals surface area (Å²) in [6.45, 7) is 11.6. The van der Waals surface area contributed by atoms with Crippen LogP contribution in [0.15, 0.2) is 36.5 Å². The minimum atomic E-state index is -0.0814. The van der Waals surface area contributed by atoms with Crippen LogP contribution < -0.4 is 0 Å². The van der Waals surface area contributed by atoms with Crippen molar-refractivity contribution in [1.29, 1.82) is 0 Å². The van der Waals surface area contributed by atoms with Gasteiger partial charge in [-0.1, -0.05) is 45.0 Å². The van der Waals surface area contributed by atoms with Crippen LogP contribution in [0.5, 0.6) is 0 Å². The summed E-state index contributed by atoms with van der Waals surface area (Å²) in [6, 6.07) is 9.31. The molecule has 0 bridgehead atoms. The lowest BCUT2D eigenvalue weighted by Gasteiger charge is -2.18. The monoisotopic (exact) mass is 326 g/mol. The van der Waals surface area contributed by atoms with E-state index >= 15 is 0 Å². The number of hydrogen-bond donors (Lipinski definition) is 1. The number of carbonyl (C=O) groups is 2. The number of H-pyrrole nitrogens is 1. The average Bonchev–Trinajstić information content (AvgIpc) is 3.04. The van der Waals surface area contributed by atoms with Crippen molar-refractivity contribution in [3.8, 4) is 0 Å². The van der Waals surface area contributed by atoms with E-state index in [9.17, 15) is 9.59 Å². The fraction of sp³-hybridized carbons (Fsp3) is 0.400. The molecule has 1 amide bonds. The van der Waals surface area contributed by atoms with Gasteiger partial charge in [-0.3, -0.25) is 9.59 Å². The Hall–Kier alpha value is -2.36. The van der Waals surface area contributed by atoms with Gasteiger partial charge in [0.25, 0.3) is 5.91 Å². The lowest BCUT2D eigenvalue weighted by atomic mass is 9.86. The van der Waals surface area contributed by atoms with Crippen molar-refractivity contribution < 1.29 is 9.59 Å². The van der Waals surface area contributed by atoms with Gasteiger partial charge in [-0.25, -0.2) is 0 Å². The Bertz CT molecular complexity index is 717. The Labute approximate surface area is 143 Å². The Kier molecular flexibility index (Phi) is 5.27. The summed E-state index contributed by atoms with van der Waals surface area (Å²) >= 11 is 0. The van der Waals surface area contributed by atoms with Gasteiger partial charge in [0, 0.05) is 30.4 Å². The average molecular weight is 326 g/mol. The van der Waals surface area contributed by atoms with Gasteiger partial charge in [0.1, 0.15) is 5.69 Å². The number of benzene rings is 1. The first-order valence-corrected chi connectivity index (χ1v) is 8.40. The van der Waals surface area contributed by atoms with Gasteiger partial charge in [0.15, 0.2) is 5.78 Å². The summed E-state index contributed by atoms with van der Waals surface area (Å²) in [5.41, 5.74) is 2.83. The molecule has 1 aromatic heterocycles. The van der Waals surface area contributed by atoms with Crippen molar-refractivity contribution in [3.05, 3.63) is 58.9 Å². The summed E-state index contributed by atoms with van der Waals surface area (Å²) in [6.07, 6.45) is 1.61. The third-order valence-electron chi connectivity index (χ3n) is 4.24. The van der Waals surface area contributed by atoms with Gasteiger partial charge in [0.2, 0.25) is 0 Å². The second kappa shape index (κ2) is 7.04. The lowest BCUT2D eigenvalue weighted by molar-refractivity contribution is 0.0768. The van der Waals surface area contributed by atoms with E-state index in [-0.39, 0.29) is 17.1 Å². The SMILES string of the molecule is CCN(CC)C(=O)c1cc(C(=O)c2ccc(C(C)(C)C)cc2)c[nH]1. The van der Waals surface area contributed by atoms with Gasteiger partial charge in [-0.05, 0) is 30.9 Å². The van der Waals surface area contributed by atoms with Crippen molar-refractivity contribution in [2.75, 3.05) is 13.1 Å². The van der Waals surface area contributed by atoms with E-state index in [0.29, 0.717) is 29.9 Å². The van der Waals surface area contributed by atoms with Gasteiger partial charge < -0.3 is 9.88 Å². The summed E-state index contributed by atoms with van der Waals surface area (Å²) in [5.74, 6) is -0.160. The molecule has 4 nitrogen and oxygen atoms in total. The third-order valence-corrected chi connectivity index (χ3v) is 4.24. The lowest BCUT2D eigenvalue weighted by Crippen LogP contribution is -2.30. The van der Waals surface area contributed by atoms with Crippen LogP contribution in [0.2, 0.25) is 0 Å². The number of rotatable bonds is 5. The number of aromatic amines is 1. The Morgan fingerprint density at radius 1 is 1.00 bits per heavy atom. The highest BCUT2D eigenvalue weighted by Crippen LogP contribution is 2.23. The van der Waals surface area contributed by atoms with Crippen molar-refractivity contribution in [2.24, 2.45) is 0 Å². The van der Waals surface area contributed by atoms with E-state index < -0.39 is 0 Å². The van der Waals surface area contributed by atoms with Crippen LogP contribution in [0.4, 0.5) is 0 Å². The molecule has 0 aliphatic heterocycles. The van der Waals surface area contributed by atoms with Crippen molar-refractivity contribution in [1.82, 2.24) is 9.88 Å². The number of nitrogens with zero attached hydrogens (tertiary/aromatic N) is 1. The Balaban J connectivity index is 2.21. The van der Waals surface area contributed by atoms with Crippen LogP contribution in [0.1, 0.15) is 66.6 Å². The standard InChI is InChI=1S/C20H26N2O2/c1-6-22(7-2)19(24)17-12-15(13-21-17)18(23)14-8-10-16(11-9-14)20(3,4)5/h8-13,21H,6-7H2,1-5H3. The maximum absolute atomic E-state index is 12.6. The highest BCUT2D eigenvalue weighted by atomic mass is 16.2. The number of ketones is 1. The summed E-state index contributed by atoms with van der Waals surface area (Å²) in [5, 5.41) is 0. The molecule has 0 spiro atoms. The van der Waals surface area contributed by atoms with Crippen LogP contribution >= 0.6 is 0 Å². The van der Waals surface area contributed by atoms with E-state index in [1.807, 2.05) is 38.1 Å². The highest BCUT2D eigenvalue weighted by Gasteiger charge is 2.19. The molecule has 0 aliphatic rings. The normalized spacial score (nSPS) is 11.4. The smallest absolute Gasteiger partial charge is 0.270 e. The molecule has 0 aliphatic carbocycles. The zero-order chi connectivity index (χ0) is 17.9. The van der Waals surface area contributed by atoms with Gasteiger partial charge in [0.05, 0.1) is 0 Å². The van der Waals surface area contributed by atoms with E-state index in [0.717, 1.165) is 0 Å². The molecule has 1 aromatic carbocycles. The fourth-order valence-corrected chi connectivity index (χ4v) is 2.62. The molecule has 0 fully saturated rings. The quantitative estimate of drug-likeness (QED) is 0.844. The molecule has 4 heteroatoms. The molecule has 128 valence electrons. The topological polar surface area (TPSA) is 53.2 Å². The van der Waals surface area contributed by atoms with Crippen LogP contribution in [0.25, 0.3) is 0 Å². The maximum Gasteiger partial charge on any atom is 0.270 e. The molecule has 0 atom stereocenters. The predicted octanol–water partition coefficient (Wildman–Crippen LogP) is 4.03. The second-order valence-electron chi connectivity index (χ2n) is 6.94. The van der Waals surface area contributed by atoms with Crippen LogP contribution in [0.3, 0.4) is 0 Å². The molecule has 2 rings (SSSR count). The largest absolute Gasteiger partial charge is 0.356 e. The zero-order valence-electron chi connectivity index (χ0n) is 15.1. The minimum Gasteiger partial charge on any atom is -0.356 e. The molecule has 0 unspecified atom stereocenters. The first-order chi connectivity index (χ1) is 11.3. The van der Waals surface area contributed by atoms with Gasteiger partial charge >= 0.3 is 0 Å². The second-order valence-corrected chi connectivity index (χ2v) is 6.94. The van der Waals surface area contributed by atoms with Crippen LogP contribution in [0, 0.1) is 0 Å². The van der Waals surface area contributed by atoms with Gasteiger partial charge in [-0.15, -0.1) is 0 Å². The molecule has 0 saturated heterocycles. The molecule has 2 aromatic rings. The molecule has 0 radical (unpaired) electrons. The first-order valence-electron chi connectivity index (χ1n) is 8.40. The fourth-order valence-electron chi connectivity index (χ4n) is 2.62. The van der Waals surface area contributed by atoms with E-state index in [2.05, 4.69) is 25.8 Å². The van der Waals surface area contributed by atoms with E-state index in [4.69, 9.17) is 0 Å². The van der Waals surface area contributed by atoms with Crippen LogP contribution in [-0.2, 0) is 5.41 Å². The zero-order valence-corrected chi connectivity index (χ0v) is 15.1. The summed E-state index contributed by atoms with van der Waals surface area (Å²) < 4.78 is 0. The minimum absolute atomic E-state index is 0.0546. The molecular formula is C20H26N2O2. The maximum atomic E-state index is 12.6. The Morgan fingerprint density at radius 2 is 1.58 bits per heavy atom. The number of aromatic nitrogens is 1. The van der Waals surface area contributed by atoms with E-state index in [1.165, 1.54) is 5.56 Å². The first kappa shape index (κ1) is 18.0. The van der Waals surface area contributed by atoms with Crippen LogP contribution in [-0.4, -0.2) is 34.7 Å². The highest BCUT2D eigenvalue weighted by molar-refractivity contribution is 6.10. The number of carbonyl (C=O) groups excluding carboxylic acids is 2. The Morgan fingerprint density at radius 3 is 2.08 bits per heavy atom. The van der Waals surface area contributed by atoms with Gasteiger partial charge in [-0.2, -0.15) is 0 Å². The summed E-state index contributed by atoms with van der Waals surface area (Å²) in [4.78, 5) is 29.6. The number of hydrogen-bond acceptors (Lipinski definition) is 2. The molecule has 24 heavy (non-hydrogen) atoms. The molecule has 1 N–H and O–H groups in total.